The lowest BCUT2D eigenvalue weighted by Gasteiger charge is -2.19. The third kappa shape index (κ3) is 12.9. The molecule has 0 atom stereocenters. The van der Waals surface area contributed by atoms with Crippen molar-refractivity contribution in [3.8, 4) is 5.88 Å². The van der Waals surface area contributed by atoms with Gasteiger partial charge in [0.05, 0.1) is 0 Å². The Morgan fingerprint density at radius 3 is 2.38 bits per heavy atom. The van der Waals surface area contributed by atoms with Crippen LogP contribution < -0.4 is 20.7 Å². The number of urea groups is 1. The van der Waals surface area contributed by atoms with Crippen LogP contribution in [0.2, 0.25) is 0 Å². The van der Waals surface area contributed by atoms with Crippen LogP contribution in [0.5, 0.6) is 5.88 Å². The molecule has 8 nitrogen and oxygen atoms in total. The Hall–Kier alpha value is -2.98. The molecule has 0 spiro atoms. The van der Waals surface area contributed by atoms with Gasteiger partial charge in [0.2, 0.25) is 5.88 Å². The maximum absolute atomic E-state index is 12.1. The molecule has 0 bridgehead atoms. The SMILES string of the molecule is CC(C)(C)OC(=O)NC/C=C/CNC(=O)NCc1ccnc(OCC(F)(F)F)c1. The van der Waals surface area contributed by atoms with E-state index in [9.17, 15) is 22.8 Å². The number of rotatable bonds is 8. The number of nitrogens with zero attached hydrogens (tertiary/aromatic N) is 1. The number of amides is 3. The van der Waals surface area contributed by atoms with Crippen molar-refractivity contribution >= 4 is 12.1 Å². The van der Waals surface area contributed by atoms with Crippen molar-refractivity contribution in [3.05, 3.63) is 36.0 Å². The predicted octanol–water partition coefficient (Wildman–Crippen LogP) is 2.90. The van der Waals surface area contributed by atoms with Gasteiger partial charge in [-0.2, -0.15) is 13.2 Å². The number of halogens is 3. The number of carbonyl (C=O) groups is 2. The third-order valence-corrected chi connectivity index (χ3v) is 2.95. The fourth-order valence-corrected chi connectivity index (χ4v) is 1.81. The average Bonchev–Trinajstić information content (AvgIpc) is 2.59. The first kappa shape index (κ1) is 24.1. The minimum absolute atomic E-state index is 0.0840. The van der Waals surface area contributed by atoms with Crippen molar-refractivity contribution in [2.75, 3.05) is 19.7 Å². The molecule has 0 aromatic carbocycles. The van der Waals surface area contributed by atoms with Crippen molar-refractivity contribution in [1.29, 1.82) is 0 Å². The number of nitrogens with one attached hydrogen (secondary N) is 3. The lowest BCUT2D eigenvalue weighted by Crippen LogP contribution is -2.35. The predicted molar refractivity (Wildman–Crippen MR) is 99.4 cm³/mol. The third-order valence-electron chi connectivity index (χ3n) is 2.95. The van der Waals surface area contributed by atoms with Gasteiger partial charge in [0.15, 0.2) is 6.61 Å². The zero-order valence-corrected chi connectivity index (χ0v) is 16.4. The largest absolute Gasteiger partial charge is 0.468 e. The Balaban J connectivity index is 2.25. The van der Waals surface area contributed by atoms with Crippen LogP contribution in [0.3, 0.4) is 0 Å². The van der Waals surface area contributed by atoms with Gasteiger partial charge in [-0.3, -0.25) is 0 Å². The molecule has 0 saturated carbocycles. The normalized spacial score (nSPS) is 11.8. The van der Waals surface area contributed by atoms with E-state index in [0.717, 1.165) is 0 Å². The molecule has 1 aromatic rings. The molecule has 1 rings (SSSR count). The second-order valence-electron chi connectivity index (χ2n) is 6.82. The minimum Gasteiger partial charge on any atom is -0.468 e. The van der Waals surface area contributed by atoms with Crippen LogP contribution in [0.1, 0.15) is 26.3 Å². The van der Waals surface area contributed by atoms with Crippen LogP contribution in [0.15, 0.2) is 30.5 Å². The van der Waals surface area contributed by atoms with Crippen LogP contribution >= 0.6 is 0 Å². The van der Waals surface area contributed by atoms with Crippen LogP contribution in [0, 0.1) is 0 Å². The maximum Gasteiger partial charge on any atom is 0.422 e. The van der Waals surface area contributed by atoms with Gasteiger partial charge in [-0.05, 0) is 32.4 Å². The number of hydrogen-bond donors (Lipinski definition) is 3. The number of alkyl halides is 3. The highest BCUT2D eigenvalue weighted by molar-refractivity contribution is 5.74. The minimum atomic E-state index is -4.45. The van der Waals surface area contributed by atoms with Gasteiger partial charge >= 0.3 is 18.3 Å². The summed E-state index contributed by atoms with van der Waals surface area (Å²) < 4.78 is 46.1. The van der Waals surface area contributed by atoms with E-state index in [4.69, 9.17) is 4.74 Å². The highest BCUT2D eigenvalue weighted by Crippen LogP contribution is 2.17. The Labute approximate surface area is 166 Å². The number of alkyl carbamates (subject to hydrolysis) is 1. The van der Waals surface area contributed by atoms with E-state index in [0.29, 0.717) is 5.56 Å². The zero-order chi connectivity index (χ0) is 21.9. The van der Waals surface area contributed by atoms with Gasteiger partial charge in [-0.1, -0.05) is 12.2 Å². The van der Waals surface area contributed by atoms with Gasteiger partial charge in [0.25, 0.3) is 0 Å². The van der Waals surface area contributed by atoms with Crippen molar-refractivity contribution in [2.24, 2.45) is 0 Å². The fraction of sp³-hybridized carbons (Fsp3) is 0.500. The molecule has 0 unspecified atom stereocenters. The second kappa shape index (κ2) is 11.1. The number of ether oxygens (including phenoxy) is 2. The van der Waals surface area contributed by atoms with Crippen molar-refractivity contribution < 1.29 is 32.2 Å². The molecule has 162 valence electrons. The molecule has 11 heteroatoms. The zero-order valence-electron chi connectivity index (χ0n) is 16.4. The summed E-state index contributed by atoms with van der Waals surface area (Å²) >= 11 is 0. The lowest BCUT2D eigenvalue weighted by molar-refractivity contribution is -0.154. The smallest absolute Gasteiger partial charge is 0.422 e. The summed E-state index contributed by atoms with van der Waals surface area (Å²) in [5.74, 6) is -0.178. The topological polar surface area (TPSA) is 102 Å². The summed E-state index contributed by atoms with van der Waals surface area (Å²) in [6.45, 7) is 4.38. The van der Waals surface area contributed by atoms with Gasteiger partial charge < -0.3 is 25.4 Å². The van der Waals surface area contributed by atoms with Crippen LogP contribution in [0.4, 0.5) is 22.8 Å². The van der Waals surface area contributed by atoms with E-state index in [1.807, 2.05) is 0 Å². The first-order chi connectivity index (χ1) is 13.4. The van der Waals surface area contributed by atoms with Crippen molar-refractivity contribution in [1.82, 2.24) is 20.9 Å². The van der Waals surface area contributed by atoms with Gasteiger partial charge in [-0.25, -0.2) is 14.6 Å². The second-order valence-corrected chi connectivity index (χ2v) is 6.82. The van der Waals surface area contributed by atoms with Gasteiger partial charge in [-0.15, -0.1) is 0 Å². The molecule has 0 radical (unpaired) electrons. The van der Waals surface area contributed by atoms with Crippen molar-refractivity contribution in [3.63, 3.8) is 0 Å². The van der Waals surface area contributed by atoms with Gasteiger partial charge in [0, 0.05) is 31.9 Å². The van der Waals surface area contributed by atoms with Crippen LogP contribution in [-0.2, 0) is 11.3 Å². The Bertz CT molecular complexity index is 703. The van der Waals surface area contributed by atoms with E-state index in [1.54, 1.807) is 39.0 Å². The first-order valence-electron chi connectivity index (χ1n) is 8.73. The molecule has 0 aliphatic rings. The molecule has 0 saturated heterocycles. The molecule has 3 N–H and O–H groups in total. The maximum atomic E-state index is 12.1. The highest BCUT2D eigenvalue weighted by Gasteiger charge is 2.28. The Morgan fingerprint density at radius 2 is 1.76 bits per heavy atom. The highest BCUT2D eigenvalue weighted by atomic mass is 19.4. The molecule has 0 aliphatic heterocycles. The molecule has 0 fully saturated rings. The number of aromatic nitrogens is 1. The molecular weight excluding hydrogens is 393 g/mol. The number of carbonyl (C=O) groups excluding carboxylic acids is 2. The first-order valence-corrected chi connectivity index (χ1v) is 8.73. The molecule has 1 heterocycles. The number of pyridine rings is 1. The Kier molecular flexibility index (Phi) is 9.23. The fourth-order valence-electron chi connectivity index (χ4n) is 1.81. The molecular formula is C18H25F3N4O4. The summed E-state index contributed by atoms with van der Waals surface area (Å²) in [7, 11) is 0. The summed E-state index contributed by atoms with van der Waals surface area (Å²) in [6, 6.07) is 2.39. The lowest BCUT2D eigenvalue weighted by atomic mass is 10.2. The molecule has 0 aliphatic carbocycles. The van der Waals surface area contributed by atoms with E-state index >= 15 is 0 Å². The van der Waals surface area contributed by atoms with Gasteiger partial charge in [0.1, 0.15) is 5.60 Å². The van der Waals surface area contributed by atoms with Crippen LogP contribution in [0.25, 0.3) is 0 Å². The quantitative estimate of drug-likeness (QED) is 0.564. The van der Waals surface area contributed by atoms with Crippen molar-refractivity contribution in [2.45, 2.75) is 39.1 Å². The monoisotopic (exact) mass is 418 g/mol. The van der Waals surface area contributed by atoms with E-state index in [-0.39, 0.29) is 25.5 Å². The Morgan fingerprint density at radius 1 is 1.10 bits per heavy atom. The number of hydrogen-bond acceptors (Lipinski definition) is 5. The summed E-state index contributed by atoms with van der Waals surface area (Å²) in [5.41, 5.74) is -0.0440. The molecule has 1 aromatic heterocycles. The molecule has 3 amide bonds. The van der Waals surface area contributed by atoms with E-state index in [1.165, 1.54) is 12.3 Å². The summed E-state index contributed by atoms with van der Waals surface area (Å²) in [5, 5.41) is 7.65. The van der Waals surface area contributed by atoms with Crippen LogP contribution in [-0.4, -0.2) is 48.6 Å². The van der Waals surface area contributed by atoms with E-state index < -0.39 is 30.5 Å². The molecule has 29 heavy (non-hydrogen) atoms. The summed E-state index contributed by atoms with van der Waals surface area (Å²) in [4.78, 5) is 26.8. The average molecular weight is 418 g/mol. The summed E-state index contributed by atoms with van der Waals surface area (Å²) in [6.07, 6.45) is -0.403. The standard InChI is InChI=1S/C18H25F3N4O4/c1-17(2,3)29-16(27)24-8-5-4-7-23-15(26)25-11-13-6-9-22-14(10-13)28-12-18(19,20)21/h4-6,9-10H,7-8,11-12H2,1-3H3,(H,24,27)(H2,23,25,26)/b5-4+. The van der Waals surface area contributed by atoms with E-state index in [2.05, 4.69) is 25.7 Å².